The second-order valence-electron chi connectivity index (χ2n) is 5.96. The van der Waals surface area contributed by atoms with Crippen LogP contribution in [0.4, 0.5) is 5.69 Å². The van der Waals surface area contributed by atoms with E-state index >= 15 is 0 Å². The molecule has 152 valence electrons. The molecule has 28 heavy (non-hydrogen) atoms. The first-order chi connectivity index (χ1) is 13.3. The number of para-hydroxylation sites is 2. The van der Waals surface area contributed by atoms with Gasteiger partial charge in [0.15, 0.2) is 11.5 Å². The van der Waals surface area contributed by atoms with Gasteiger partial charge in [0.1, 0.15) is 4.90 Å². The molecule has 9 heteroatoms. The van der Waals surface area contributed by atoms with Crippen molar-refractivity contribution in [1.82, 2.24) is 4.31 Å². The largest absolute Gasteiger partial charge is 0.490 e. The Morgan fingerprint density at radius 3 is 2.36 bits per heavy atom. The lowest BCUT2D eigenvalue weighted by Crippen LogP contribution is -2.23. The maximum absolute atomic E-state index is 12.3. The van der Waals surface area contributed by atoms with E-state index < -0.39 is 10.0 Å². The van der Waals surface area contributed by atoms with Crippen LogP contribution in [0.1, 0.15) is 13.3 Å². The molecule has 0 aliphatic heterocycles. The maximum Gasteiger partial charge on any atom is 0.244 e. The summed E-state index contributed by atoms with van der Waals surface area (Å²) in [6, 6.07) is 11.5. The summed E-state index contributed by atoms with van der Waals surface area (Å²) < 4.78 is 36.7. The first-order valence-electron chi connectivity index (χ1n) is 8.62. The Labute approximate surface area is 170 Å². The standard InChI is InChI=1S/C19H23ClN2O5S/c1-4-26-16-7-5-6-8-17(16)27-12-11-19(23)21-14-9-10-15(20)18(13-14)28(24,25)22(2)3/h5-10,13H,4,11-12H2,1-3H3,(H,21,23). The van der Waals surface area contributed by atoms with Crippen molar-refractivity contribution in [2.45, 2.75) is 18.2 Å². The number of benzene rings is 2. The van der Waals surface area contributed by atoms with Crippen LogP contribution in [0.25, 0.3) is 0 Å². The number of carbonyl (C=O) groups excluding carboxylic acids is 1. The molecule has 2 aromatic rings. The molecule has 0 bridgehead atoms. The van der Waals surface area contributed by atoms with Crippen molar-refractivity contribution in [2.75, 3.05) is 32.6 Å². The fourth-order valence-corrected chi connectivity index (χ4v) is 3.69. The van der Waals surface area contributed by atoms with Crippen LogP contribution in [0, 0.1) is 0 Å². The molecule has 1 amide bonds. The van der Waals surface area contributed by atoms with Gasteiger partial charge in [0, 0.05) is 19.8 Å². The van der Waals surface area contributed by atoms with Crippen LogP contribution in [0.2, 0.25) is 5.02 Å². The highest BCUT2D eigenvalue weighted by Crippen LogP contribution is 2.28. The summed E-state index contributed by atoms with van der Waals surface area (Å²) in [5.74, 6) is 0.856. The van der Waals surface area contributed by atoms with Crippen molar-refractivity contribution in [2.24, 2.45) is 0 Å². The molecule has 2 rings (SSSR count). The number of sulfonamides is 1. The molecule has 0 saturated carbocycles. The first-order valence-corrected chi connectivity index (χ1v) is 10.4. The van der Waals surface area contributed by atoms with E-state index in [4.69, 9.17) is 21.1 Å². The number of nitrogens with zero attached hydrogens (tertiary/aromatic N) is 1. The van der Waals surface area contributed by atoms with Gasteiger partial charge in [-0.05, 0) is 37.3 Å². The van der Waals surface area contributed by atoms with E-state index in [1.54, 1.807) is 18.2 Å². The highest BCUT2D eigenvalue weighted by atomic mass is 35.5. The van der Waals surface area contributed by atoms with E-state index in [0.717, 1.165) is 4.31 Å². The second-order valence-corrected chi connectivity index (χ2v) is 8.49. The molecule has 0 saturated heterocycles. The fraction of sp³-hybridized carbons (Fsp3) is 0.316. The lowest BCUT2D eigenvalue weighted by Gasteiger charge is -2.14. The van der Waals surface area contributed by atoms with Gasteiger partial charge in [-0.25, -0.2) is 12.7 Å². The summed E-state index contributed by atoms with van der Waals surface area (Å²) >= 11 is 6.00. The van der Waals surface area contributed by atoms with Gasteiger partial charge in [0.05, 0.1) is 24.7 Å². The number of anilines is 1. The van der Waals surface area contributed by atoms with Crippen LogP contribution < -0.4 is 14.8 Å². The van der Waals surface area contributed by atoms with Gasteiger partial charge in [-0.3, -0.25) is 4.79 Å². The molecule has 0 heterocycles. The number of rotatable bonds is 9. The van der Waals surface area contributed by atoms with E-state index in [0.29, 0.717) is 23.8 Å². The molecule has 0 aromatic heterocycles. The van der Waals surface area contributed by atoms with Crippen molar-refractivity contribution in [3.05, 3.63) is 47.5 Å². The lowest BCUT2D eigenvalue weighted by atomic mass is 10.3. The highest BCUT2D eigenvalue weighted by molar-refractivity contribution is 7.89. The SMILES string of the molecule is CCOc1ccccc1OCCC(=O)Nc1ccc(Cl)c(S(=O)(=O)N(C)C)c1. The molecule has 2 aromatic carbocycles. The molecule has 1 N–H and O–H groups in total. The summed E-state index contributed by atoms with van der Waals surface area (Å²) in [6.45, 7) is 2.53. The van der Waals surface area contributed by atoms with Crippen LogP contribution in [0.15, 0.2) is 47.4 Å². The Morgan fingerprint density at radius 2 is 1.75 bits per heavy atom. The zero-order valence-corrected chi connectivity index (χ0v) is 17.5. The topological polar surface area (TPSA) is 84.9 Å². The normalized spacial score (nSPS) is 11.3. The van der Waals surface area contributed by atoms with Crippen molar-refractivity contribution in [3.63, 3.8) is 0 Å². The summed E-state index contributed by atoms with van der Waals surface area (Å²) in [6.07, 6.45) is 0.0822. The van der Waals surface area contributed by atoms with E-state index in [1.807, 2.05) is 19.1 Å². The molecule has 0 fully saturated rings. The number of hydrogen-bond donors (Lipinski definition) is 1. The van der Waals surface area contributed by atoms with Gasteiger partial charge in [0.2, 0.25) is 15.9 Å². The van der Waals surface area contributed by atoms with Crippen LogP contribution in [-0.2, 0) is 14.8 Å². The molecule has 7 nitrogen and oxygen atoms in total. The number of nitrogens with one attached hydrogen (secondary N) is 1. The Hall–Kier alpha value is -2.29. The average molecular weight is 427 g/mol. The summed E-state index contributed by atoms with van der Waals surface area (Å²) in [4.78, 5) is 12.1. The zero-order valence-electron chi connectivity index (χ0n) is 15.9. The molecule has 0 radical (unpaired) electrons. The minimum Gasteiger partial charge on any atom is -0.490 e. The van der Waals surface area contributed by atoms with Gasteiger partial charge in [-0.2, -0.15) is 0 Å². The molecule has 0 unspecified atom stereocenters. The van der Waals surface area contributed by atoms with E-state index in [-0.39, 0.29) is 28.9 Å². The average Bonchev–Trinajstić information content (AvgIpc) is 2.64. The number of amides is 1. The van der Waals surface area contributed by atoms with Crippen molar-refractivity contribution in [3.8, 4) is 11.5 Å². The molecule has 0 aliphatic carbocycles. The number of carbonyl (C=O) groups is 1. The third kappa shape index (κ3) is 5.60. The number of hydrogen-bond acceptors (Lipinski definition) is 5. The van der Waals surface area contributed by atoms with Crippen LogP contribution in [0.5, 0.6) is 11.5 Å². The Kier molecular flexibility index (Phi) is 7.68. The van der Waals surface area contributed by atoms with Crippen LogP contribution in [-0.4, -0.2) is 45.9 Å². The van der Waals surface area contributed by atoms with Gasteiger partial charge < -0.3 is 14.8 Å². The van der Waals surface area contributed by atoms with Gasteiger partial charge >= 0.3 is 0 Å². The smallest absolute Gasteiger partial charge is 0.244 e. The quantitative estimate of drug-likeness (QED) is 0.664. The van der Waals surface area contributed by atoms with Crippen LogP contribution >= 0.6 is 11.6 Å². The van der Waals surface area contributed by atoms with E-state index in [9.17, 15) is 13.2 Å². The summed E-state index contributed by atoms with van der Waals surface area (Å²) in [5.41, 5.74) is 0.338. The molecular formula is C19H23ClN2O5S. The fourth-order valence-electron chi connectivity index (χ4n) is 2.30. The Balaban J connectivity index is 1.99. The number of ether oxygens (including phenoxy) is 2. The summed E-state index contributed by atoms with van der Waals surface area (Å²) in [7, 11) is -0.895. The summed E-state index contributed by atoms with van der Waals surface area (Å²) in [5, 5.41) is 2.74. The van der Waals surface area contributed by atoms with Crippen molar-refractivity contribution in [1.29, 1.82) is 0 Å². The minimum atomic E-state index is -3.72. The molecule has 0 atom stereocenters. The molecule has 0 aliphatic rings. The first kappa shape index (κ1) is 22.0. The zero-order chi connectivity index (χ0) is 20.7. The predicted molar refractivity (Wildman–Crippen MR) is 109 cm³/mol. The second kappa shape index (κ2) is 9.77. The van der Waals surface area contributed by atoms with Gasteiger partial charge in [-0.15, -0.1) is 0 Å². The monoisotopic (exact) mass is 426 g/mol. The Bertz CT molecular complexity index is 932. The minimum absolute atomic E-state index is 0.0705. The molecule has 0 spiro atoms. The highest BCUT2D eigenvalue weighted by Gasteiger charge is 2.21. The molecular weight excluding hydrogens is 404 g/mol. The van der Waals surface area contributed by atoms with Crippen LogP contribution in [0.3, 0.4) is 0 Å². The van der Waals surface area contributed by atoms with Crippen molar-refractivity contribution < 1.29 is 22.7 Å². The van der Waals surface area contributed by atoms with Gasteiger partial charge in [0.25, 0.3) is 0 Å². The number of halogens is 1. The predicted octanol–water partition coefficient (Wildman–Crippen LogP) is 3.40. The third-order valence-corrected chi connectivity index (χ3v) is 6.01. The van der Waals surface area contributed by atoms with Gasteiger partial charge in [-0.1, -0.05) is 23.7 Å². The Morgan fingerprint density at radius 1 is 1.11 bits per heavy atom. The van der Waals surface area contributed by atoms with E-state index in [1.165, 1.54) is 26.2 Å². The van der Waals surface area contributed by atoms with E-state index in [2.05, 4.69) is 5.32 Å². The third-order valence-electron chi connectivity index (χ3n) is 3.71. The van der Waals surface area contributed by atoms with Crippen molar-refractivity contribution >= 4 is 33.2 Å². The maximum atomic E-state index is 12.3. The lowest BCUT2D eigenvalue weighted by molar-refractivity contribution is -0.116.